The highest BCUT2D eigenvalue weighted by Crippen LogP contribution is 2.64. The predicted octanol–water partition coefficient (Wildman–Crippen LogP) is 11.5. The maximum Gasteiger partial charge on any atom is 0.160 e. The summed E-state index contributed by atoms with van der Waals surface area (Å²) in [6.45, 7) is 0. The fourth-order valence-corrected chi connectivity index (χ4v) is 9.89. The molecule has 8 aromatic rings. The molecule has 1 aliphatic heterocycles. The lowest BCUT2D eigenvalue weighted by atomic mass is 9.67. The largest absolute Gasteiger partial charge is 0.228 e. The maximum atomic E-state index is 5.32. The molecule has 0 amide bonds. The van der Waals surface area contributed by atoms with Gasteiger partial charge in [-0.1, -0.05) is 133 Å². The van der Waals surface area contributed by atoms with Crippen LogP contribution in [-0.4, -0.2) is 9.97 Å². The van der Waals surface area contributed by atoms with Gasteiger partial charge in [0.05, 0.1) is 16.8 Å². The average molecular weight is 635 g/mol. The number of hydrogen-bond donors (Lipinski definition) is 0. The van der Waals surface area contributed by atoms with Gasteiger partial charge in [-0.2, -0.15) is 0 Å². The molecule has 2 aliphatic rings. The van der Waals surface area contributed by atoms with E-state index in [1.54, 1.807) is 0 Å². The van der Waals surface area contributed by atoms with Crippen LogP contribution >= 0.6 is 23.1 Å². The van der Waals surface area contributed by atoms with Crippen molar-refractivity contribution < 1.29 is 0 Å². The van der Waals surface area contributed by atoms with Crippen molar-refractivity contribution in [2.45, 2.75) is 15.2 Å². The van der Waals surface area contributed by atoms with Gasteiger partial charge >= 0.3 is 0 Å². The molecule has 0 saturated heterocycles. The van der Waals surface area contributed by atoms with E-state index >= 15 is 0 Å². The van der Waals surface area contributed by atoms with Crippen molar-refractivity contribution in [1.29, 1.82) is 0 Å². The van der Waals surface area contributed by atoms with Crippen LogP contribution in [0.1, 0.15) is 22.3 Å². The average Bonchev–Trinajstić information content (AvgIpc) is 3.74. The first-order chi connectivity index (χ1) is 23.3. The molecule has 1 aliphatic carbocycles. The van der Waals surface area contributed by atoms with Crippen LogP contribution in [0.25, 0.3) is 55.1 Å². The molecule has 1 spiro atoms. The molecule has 220 valence electrons. The Bertz CT molecular complexity index is 2400. The summed E-state index contributed by atoms with van der Waals surface area (Å²) in [6.07, 6.45) is 0. The summed E-state index contributed by atoms with van der Waals surface area (Å²) in [5, 5.41) is 3.46. The van der Waals surface area contributed by atoms with E-state index in [4.69, 9.17) is 9.97 Å². The Hall–Kier alpha value is -5.29. The first kappa shape index (κ1) is 26.9. The SMILES string of the molecule is c1ccc(-c2cc(-c3cc4c(c5sccc35)-c3ccccc3C43c4ccccc4Sc4ccccc43)nc(-c3ccccc3)n2)cc1. The lowest BCUT2D eigenvalue weighted by Crippen LogP contribution is -2.32. The van der Waals surface area contributed by atoms with Gasteiger partial charge in [0, 0.05) is 42.1 Å². The fraction of sp³-hybridized carbons (Fsp3) is 0.0233. The van der Waals surface area contributed by atoms with E-state index in [1.807, 2.05) is 35.2 Å². The summed E-state index contributed by atoms with van der Waals surface area (Å²) in [5.41, 5.74) is 12.6. The van der Waals surface area contributed by atoms with Crippen molar-refractivity contribution in [3.8, 4) is 45.0 Å². The quantitative estimate of drug-likeness (QED) is 0.193. The van der Waals surface area contributed by atoms with Gasteiger partial charge in [0.2, 0.25) is 0 Å². The van der Waals surface area contributed by atoms with Crippen molar-refractivity contribution in [1.82, 2.24) is 9.97 Å². The van der Waals surface area contributed by atoms with Crippen LogP contribution in [0.2, 0.25) is 0 Å². The fourth-order valence-electron chi connectivity index (χ4n) is 7.71. The van der Waals surface area contributed by atoms with Gasteiger partial charge in [0.15, 0.2) is 5.82 Å². The second-order valence-corrected chi connectivity index (χ2v) is 14.1. The highest BCUT2D eigenvalue weighted by molar-refractivity contribution is 7.99. The predicted molar refractivity (Wildman–Crippen MR) is 195 cm³/mol. The topological polar surface area (TPSA) is 25.8 Å². The zero-order valence-corrected chi connectivity index (χ0v) is 26.9. The molecule has 2 nitrogen and oxygen atoms in total. The number of hydrogen-bond acceptors (Lipinski definition) is 4. The third kappa shape index (κ3) is 3.86. The van der Waals surface area contributed by atoms with Crippen molar-refractivity contribution in [2.24, 2.45) is 0 Å². The molecule has 0 unspecified atom stereocenters. The smallest absolute Gasteiger partial charge is 0.160 e. The molecule has 47 heavy (non-hydrogen) atoms. The molecule has 0 bridgehead atoms. The van der Waals surface area contributed by atoms with Crippen LogP contribution in [-0.2, 0) is 5.41 Å². The second-order valence-electron chi connectivity index (χ2n) is 12.1. The van der Waals surface area contributed by atoms with E-state index in [2.05, 4.69) is 145 Å². The first-order valence-electron chi connectivity index (χ1n) is 15.8. The number of nitrogens with zero attached hydrogens (tertiary/aromatic N) is 2. The Morgan fingerprint density at radius 1 is 0.468 bits per heavy atom. The third-order valence-corrected chi connectivity index (χ3v) is 11.7. The molecule has 0 atom stereocenters. The Balaban J connectivity index is 1.33. The summed E-state index contributed by atoms with van der Waals surface area (Å²) in [5.74, 6) is 0.730. The van der Waals surface area contributed by atoms with Gasteiger partial charge in [-0.3, -0.25) is 0 Å². The minimum Gasteiger partial charge on any atom is -0.228 e. The molecule has 6 aromatic carbocycles. The zero-order chi connectivity index (χ0) is 31.0. The molecule has 2 aromatic heterocycles. The summed E-state index contributed by atoms with van der Waals surface area (Å²) in [6, 6.07) is 54.7. The van der Waals surface area contributed by atoms with Gasteiger partial charge in [-0.05, 0) is 63.5 Å². The van der Waals surface area contributed by atoms with Crippen molar-refractivity contribution in [2.75, 3.05) is 0 Å². The minimum atomic E-state index is -0.450. The van der Waals surface area contributed by atoms with Crippen LogP contribution in [0.15, 0.2) is 167 Å². The number of aromatic nitrogens is 2. The number of fused-ring (bicyclic) bond motifs is 11. The zero-order valence-electron chi connectivity index (χ0n) is 25.2. The van der Waals surface area contributed by atoms with Gasteiger partial charge < -0.3 is 0 Å². The van der Waals surface area contributed by atoms with E-state index in [0.29, 0.717) is 0 Å². The summed E-state index contributed by atoms with van der Waals surface area (Å²) >= 11 is 3.71. The maximum absolute atomic E-state index is 5.32. The van der Waals surface area contributed by atoms with Crippen molar-refractivity contribution in [3.63, 3.8) is 0 Å². The molecule has 3 heterocycles. The highest BCUT2D eigenvalue weighted by atomic mass is 32.2. The summed E-state index contributed by atoms with van der Waals surface area (Å²) in [4.78, 5) is 13.0. The number of rotatable bonds is 3. The van der Waals surface area contributed by atoms with E-state index < -0.39 is 5.41 Å². The van der Waals surface area contributed by atoms with E-state index in [9.17, 15) is 0 Å². The van der Waals surface area contributed by atoms with Crippen LogP contribution in [0.4, 0.5) is 0 Å². The molecule has 10 rings (SSSR count). The van der Waals surface area contributed by atoms with Gasteiger partial charge in [0.25, 0.3) is 0 Å². The monoisotopic (exact) mass is 634 g/mol. The van der Waals surface area contributed by atoms with Crippen molar-refractivity contribution in [3.05, 3.63) is 179 Å². The Labute approximate surface area is 281 Å². The molecular formula is C43H26N2S2. The Morgan fingerprint density at radius 2 is 1.06 bits per heavy atom. The normalized spacial score (nSPS) is 13.6. The molecule has 0 radical (unpaired) electrons. The van der Waals surface area contributed by atoms with Crippen LogP contribution in [0.5, 0.6) is 0 Å². The molecule has 0 N–H and O–H groups in total. The lowest BCUT2D eigenvalue weighted by molar-refractivity contribution is 0.723. The van der Waals surface area contributed by atoms with Crippen LogP contribution in [0.3, 0.4) is 0 Å². The van der Waals surface area contributed by atoms with E-state index in [1.165, 1.54) is 53.3 Å². The van der Waals surface area contributed by atoms with E-state index in [-0.39, 0.29) is 0 Å². The van der Waals surface area contributed by atoms with Crippen LogP contribution in [0, 0.1) is 0 Å². The number of benzene rings is 6. The standard InChI is InChI=1S/C43H26N2S2/c1-3-13-27(14-4-1)36-26-37(45-42(44-36)28-15-5-2-6-16-28)31-25-35-40(41-29(31)23-24-46-41)30-17-7-8-18-32(30)43(35)33-19-9-11-21-38(33)47-39-22-12-10-20-34(39)43/h1-26H. The molecular weight excluding hydrogens is 609 g/mol. The van der Waals surface area contributed by atoms with Crippen LogP contribution < -0.4 is 0 Å². The first-order valence-corrected chi connectivity index (χ1v) is 17.5. The highest BCUT2D eigenvalue weighted by Gasteiger charge is 2.51. The third-order valence-electron chi connectivity index (χ3n) is 9.65. The number of thiophene rings is 1. The van der Waals surface area contributed by atoms with E-state index in [0.717, 1.165) is 33.9 Å². The lowest BCUT2D eigenvalue weighted by Gasteiger charge is -2.39. The second kappa shape index (κ2) is 10.4. The molecule has 0 fully saturated rings. The van der Waals surface area contributed by atoms with Gasteiger partial charge in [-0.25, -0.2) is 9.97 Å². The summed E-state index contributed by atoms with van der Waals surface area (Å²) in [7, 11) is 0. The van der Waals surface area contributed by atoms with Gasteiger partial charge in [0.1, 0.15) is 0 Å². The Morgan fingerprint density at radius 3 is 1.79 bits per heavy atom. The van der Waals surface area contributed by atoms with Gasteiger partial charge in [-0.15, -0.1) is 11.3 Å². The minimum absolute atomic E-state index is 0.450. The van der Waals surface area contributed by atoms with Crippen molar-refractivity contribution >= 4 is 33.2 Å². The Kier molecular flexibility index (Phi) is 5.93. The summed E-state index contributed by atoms with van der Waals surface area (Å²) < 4.78 is 1.30. The molecule has 4 heteroatoms. The molecule has 0 saturated carbocycles.